The van der Waals surface area contributed by atoms with Crippen molar-refractivity contribution >= 4 is 5.69 Å². The molecule has 1 fully saturated rings. The number of nitrogens with zero attached hydrogens (tertiary/aromatic N) is 3. The predicted octanol–water partition coefficient (Wildman–Crippen LogP) is 1.22. The minimum atomic E-state index is -0.384. The van der Waals surface area contributed by atoms with Gasteiger partial charge < -0.3 is 4.74 Å². The van der Waals surface area contributed by atoms with E-state index in [4.69, 9.17) is 4.74 Å². The van der Waals surface area contributed by atoms with E-state index in [1.807, 2.05) is 6.07 Å². The normalized spacial score (nSPS) is 16.8. The van der Waals surface area contributed by atoms with Crippen molar-refractivity contribution in [2.45, 2.75) is 11.8 Å². The molecule has 7 nitrogen and oxygen atoms in total. The molecule has 0 amide bonds. The molecular weight excluding hydrogens is 248 g/mol. The Kier molecular flexibility index (Phi) is 2.75. The maximum Gasteiger partial charge on any atom is 0.269 e. The zero-order valence-corrected chi connectivity index (χ0v) is 10.1. The van der Waals surface area contributed by atoms with Crippen molar-refractivity contribution in [2.24, 2.45) is 0 Å². The Morgan fingerprint density at radius 1 is 1.47 bits per heavy atom. The van der Waals surface area contributed by atoms with Gasteiger partial charge in [-0.15, -0.1) is 0 Å². The van der Waals surface area contributed by atoms with E-state index in [-0.39, 0.29) is 16.0 Å². The number of hydrogen-bond acceptors (Lipinski definition) is 5. The molecule has 1 aliphatic heterocycles. The lowest BCUT2D eigenvalue weighted by Crippen LogP contribution is -2.48. The van der Waals surface area contributed by atoms with Gasteiger partial charge >= 0.3 is 0 Å². The Bertz CT molecular complexity index is 593. The maximum atomic E-state index is 10.8. The molecule has 1 N–H and O–H groups in total. The Hall–Kier alpha value is -2.28. The Morgan fingerprint density at radius 3 is 2.89 bits per heavy atom. The number of hydrogen-bond donors (Lipinski definition) is 1. The molecule has 98 valence electrons. The van der Waals surface area contributed by atoms with E-state index in [2.05, 4.69) is 15.2 Å². The summed E-state index contributed by atoms with van der Waals surface area (Å²) in [4.78, 5) is 14.6. The van der Waals surface area contributed by atoms with E-state index in [0.717, 1.165) is 11.4 Å². The van der Waals surface area contributed by atoms with Crippen molar-refractivity contribution < 1.29 is 9.66 Å². The number of aromatic nitrogens is 3. The van der Waals surface area contributed by atoms with Gasteiger partial charge in [0.25, 0.3) is 5.69 Å². The third kappa shape index (κ3) is 2.08. The van der Waals surface area contributed by atoms with Crippen molar-refractivity contribution in [1.29, 1.82) is 0 Å². The molecule has 2 aromatic rings. The number of nitro benzene ring substituents is 1. The number of aromatic amines is 1. The van der Waals surface area contributed by atoms with Gasteiger partial charge in [-0.3, -0.25) is 15.2 Å². The summed E-state index contributed by atoms with van der Waals surface area (Å²) in [6.07, 6.45) is 2.09. The van der Waals surface area contributed by atoms with Gasteiger partial charge in [0.1, 0.15) is 12.2 Å². The molecule has 1 aromatic carbocycles. The number of nitrogens with one attached hydrogen (secondary N) is 1. The molecule has 0 spiro atoms. The average molecular weight is 260 g/mol. The number of nitro groups is 1. The second-order valence-corrected chi connectivity index (χ2v) is 4.69. The summed E-state index contributed by atoms with van der Waals surface area (Å²) < 4.78 is 5.31. The molecule has 0 unspecified atom stereocenters. The van der Waals surface area contributed by atoms with E-state index in [1.54, 1.807) is 12.1 Å². The van der Waals surface area contributed by atoms with Crippen molar-refractivity contribution in [1.82, 2.24) is 15.2 Å². The average Bonchev–Trinajstić information content (AvgIpc) is 2.86. The van der Waals surface area contributed by atoms with Crippen molar-refractivity contribution in [3.8, 4) is 0 Å². The lowest BCUT2D eigenvalue weighted by atomic mass is 9.75. The number of H-pyrrole nitrogens is 1. The van der Waals surface area contributed by atoms with E-state index in [1.165, 1.54) is 12.4 Å². The summed E-state index contributed by atoms with van der Waals surface area (Å²) in [5.74, 6) is 0.759. The van der Waals surface area contributed by atoms with Crippen LogP contribution in [0.4, 0.5) is 5.69 Å². The summed E-state index contributed by atoms with van der Waals surface area (Å²) in [7, 11) is 0. The van der Waals surface area contributed by atoms with Gasteiger partial charge in [0.2, 0.25) is 0 Å². The maximum absolute atomic E-state index is 10.8. The van der Waals surface area contributed by atoms with E-state index in [9.17, 15) is 10.1 Å². The van der Waals surface area contributed by atoms with Gasteiger partial charge in [0.05, 0.1) is 18.1 Å². The molecular formula is C12H12N4O3. The van der Waals surface area contributed by atoms with Crippen LogP contribution < -0.4 is 0 Å². The van der Waals surface area contributed by atoms with Crippen LogP contribution in [-0.2, 0) is 16.6 Å². The van der Waals surface area contributed by atoms with Crippen molar-refractivity contribution in [3.05, 3.63) is 52.1 Å². The third-order valence-electron chi connectivity index (χ3n) is 3.40. The summed E-state index contributed by atoms with van der Waals surface area (Å²) in [5, 5.41) is 17.5. The first-order chi connectivity index (χ1) is 9.20. The zero-order chi connectivity index (χ0) is 13.3. The van der Waals surface area contributed by atoms with Crippen LogP contribution in [0.5, 0.6) is 0 Å². The summed E-state index contributed by atoms with van der Waals surface area (Å²) >= 11 is 0. The number of rotatable bonds is 4. The summed E-state index contributed by atoms with van der Waals surface area (Å²) in [5.41, 5.74) is 0.761. The molecule has 0 atom stereocenters. The fraction of sp³-hybridized carbons (Fsp3) is 0.333. The molecule has 0 saturated carbocycles. The van der Waals surface area contributed by atoms with Crippen LogP contribution >= 0.6 is 0 Å². The Balaban J connectivity index is 1.93. The number of benzene rings is 1. The number of ether oxygens (including phenoxy) is 1. The lowest BCUT2D eigenvalue weighted by Gasteiger charge is -2.41. The van der Waals surface area contributed by atoms with Gasteiger partial charge in [-0.1, -0.05) is 12.1 Å². The standard InChI is InChI=1S/C12H12N4O3/c17-16(18)10-3-1-2-9(4-10)12(6-19-7-12)5-11-13-8-14-15-11/h1-4,8H,5-7H2,(H,13,14,15). The number of non-ortho nitro benzene ring substituents is 1. The first-order valence-corrected chi connectivity index (χ1v) is 5.87. The SMILES string of the molecule is O=[N+]([O-])c1cccc(C2(Cc3ncn[nH]3)COC2)c1. The molecule has 19 heavy (non-hydrogen) atoms. The first-order valence-electron chi connectivity index (χ1n) is 5.87. The smallest absolute Gasteiger partial charge is 0.269 e. The highest BCUT2D eigenvalue weighted by atomic mass is 16.6. The van der Waals surface area contributed by atoms with Crippen LogP contribution in [0.15, 0.2) is 30.6 Å². The van der Waals surface area contributed by atoms with Crippen LogP contribution in [-0.4, -0.2) is 33.3 Å². The predicted molar refractivity (Wildman–Crippen MR) is 65.7 cm³/mol. The molecule has 7 heteroatoms. The molecule has 1 saturated heterocycles. The largest absolute Gasteiger partial charge is 0.379 e. The van der Waals surface area contributed by atoms with Gasteiger partial charge in [0, 0.05) is 24.0 Å². The minimum Gasteiger partial charge on any atom is -0.379 e. The second kappa shape index (κ2) is 4.43. The van der Waals surface area contributed by atoms with Crippen LogP contribution in [0.1, 0.15) is 11.4 Å². The highest BCUT2D eigenvalue weighted by Gasteiger charge is 2.41. The van der Waals surface area contributed by atoms with Crippen molar-refractivity contribution in [2.75, 3.05) is 13.2 Å². The fourth-order valence-electron chi connectivity index (χ4n) is 2.31. The van der Waals surface area contributed by atoms with Gasteiger partial charge in [-0.25, -0.2) is 4.98 Å². The Labute approximate surface area is 108 Å². The second-order valence-electron chi connectivity index (χ2n) is 4.69. The molecule has 3 rings (SSSR count). The summed E-state index contributed by atoms with van der Waals surface area (Å²) in [6, 6.07) is 6.70. The van der Waals surface area contributed by atoms with E-state index in [0.29, 0.717) is 19.6 Å². The molecule has 1 aliphatic rings. The van der Waals surface area contributed by atoms with Gasteiger partial charge in [-0.05, 0) is 5.56 Å². The highest BCUT2D eigenvalue weighted by Crippen LogP contribution is 2.36. The van der Waals surface area contributed by atoms with Crippen LogP contribution in [0, 0.1) is 10.1 Å². The van der Waals surface area contributed by atoms with Crippen LogP contribution in [0.25, 0.3) is 0 Å². The minimum absolute atomic E-state index is 0.0985. The summed E-state index contributed by atoms with van der Waals surface area (Å²) in [6.45, 7) is 1.07. The van der Waals surface area contributed by atoms with E-state index >= 15 is 0 Å². The zero-order valence-electron chi connectivity index (χ0n) is 10.1. The molecule has 0 aliphatic carbocycles. The van der Waals surface area contributed by atoms with Crippen molar-refractivity contribution in [3.63, 3.8) is 0 Å². The Morgan fingerprint density at radius 2 is 2.32 bits per heavy atom. The topological polar surface area (TPSA) is 93.9 Å². The molecule has 0 bridgehead atoms. The van der Waals surface area contributed by atoms with Crippen LogP contribution in [0.2, 0.25) is 0 Å². The van der Waals surface area contributed by atoms with E-state index < -0.39 is 0 Å². The highest BCUT2D eigenvalue weighted by molar-refractivity contribution is 5.40. The molecule has 0 radical (unpaired) electrons. The van der Waals surface area contributed by atoms with Gasteiger partial charge in [-0.2, -0.15) is 5.10 Å². The van der Waals surface area contributed by atoms with Gasteiger partial charge in [0.15, 0.2) is 0 Å². The fourth-order valence-corrected chi connectivity index (χ4v) is 2.31. The molecule has 2 heterocycles. The quantitative estimate of drug-likeness (QED) is 0.659. The third-order valence-corrected chi connectivity index (χ3v) is 3.40. The monoisotopic (exact) mass is 260 g/mol. The first kappa shape index (κ1) is 11.8. The lowest BCUT2D eigenvalue weighted by molar-refractivity contribution is -0.385. The van der Waals surface area contributed by atoms with Crippen LogP contribution in [0.3, 0.4) is 0 Å². The molecule has 1 aromatic heterocycles.